The molecule has 1 spiro atoms. The first-order chi connectivity index (χ1) is 10.7. The molecule has 0 unspecified atom stereocenters. The maximum absolute atomic E-state index is 12.2. The Bertz CT molecular complexity index is 374. The van der Waals surface area contributed by atoms with E-state index in [0.29, 0.717) is 11.5 Å². The third kappa shape index (κ3) is 4.00. The minimum Gasteiger partial charge on any atom is -0.378 e. The van der Waals surface area contributed by atoms with Gasteiger partial charge < -0.3 is 20.3 Å². The van der Waals surface area contributed by atoms with E-state index in [1.54, 1.807) is 0 Å². The van der Waals surface area contributed by atoms with Gasteiger partial charge in [0, 0.05) is 32.2 Å². The zero-order valence-corrected chi connectivity index (χ0v) is 13.9. The van der Waals surface area contributed by atoms with Crippen molar-refractivity contribution in [2.75, 3.05) is 46.4 Å². The maximum Gasteiger partial charge on any atom is 0.223 e. The van der Waals surface area contributed by atoms with Gasteiger partial charge in [0.2, 0.25) is 5.91 Å². The average molecular weight is 309 g/mol. The van der Waals surface area contributed by atoms with Crippen LogP contribution in [-0.4, -0.2) is 63.3 Å². The lowest BCUT2D eigenvalue weighted by Gasteiger charge is -2.28. The van der Waals surface area contributed by atoms with E-state index in [2.05, 4.69) is 22.6 Å². The SMILES string of the molecule is CN1CCC(OCCCNC(=O)[C@@H]2CC23CCNCC3)CC1. The summed E-state index contributed by atoms with van der Waals surface area (Å²) in [4.78, 5) is 14.6. The molecule has 0 aromatic carbocycles. The zero-order valence-electron chi connectivity index (χ0n) is 13.9. The Balaban J connectivity index is 1.24. The number of amides is 1. The molecule has 5 heteroatoms. The van der Waals surface area contributed by atoms with Crippen LogP contribution in [0.4, 0.5) is 0 Å². The van der Waals surface area contributed by atoms with Crippen LogP contribution in [0.1, 0.15) is 38.5 Å². The summed E-state index contributed by atoms with van der Waals surface area (Å²) in [7, 11) is 2.17. The molecule has 3 rings (SSSR count). The van der Waals surface area contributed by atoms with Gasteiger partial charge >= 0.3 is 0 Å². The lowest BCUT2D eigenvalue weighted by molar-refractivity contribution is -0.123. The number of likely N-dealkylation sites (tertiary alicyclic amines) is 1. The van der Waals surface area contributed by atoms with Crippen LogP contribution >= 0.6 is 0 Å². The van der Waals surface area contributed by atoms with Crippen molar-refractivity contribution in [2.24, 2.45) is 11.3 Å². The van der Waals surface area contributed by atoms with Crippen LogP contribution in [0.5, 0.6) is 0 Å². The molecule has 3 fully saturated rings. The van der Waals surface area contributed by atoms with Crippen LogP contribution in [0.3, 0.4) is 0 Å². The molecule has 3 aliphatic rings. The maximum atomic E-state index is 12.2. The van der Waals surface area contributed by atoms with Crippen molar-refractivity contribution in [1.82, 2.24) is 15.5 Å². The monoisotopic (exact) mass is 309 g/mol. The zero-order chi connectivity index (χ0) is 15.4. The minimum absolute atomic E-state index is 0.279. The first kappa shape index (κ1) is 16.2. The van der Waals surface area contributed by atoms with Crippen LogP contribution in [0.25, 0.3) is 0 Å². The fourth-order valence-corrected chi connectivity index (χ4v) is 4.00. The third-order valence-electron chi connectivity index (χ3n) is 5.75. The molecule has 2 heterocycles. The minimum atomic E-state index is 0.279. The van der Waals surface area contributed by atoms with Crippen molar-refractivity contribution in [2.45, 2.75) is 44.6 Å². The Kier molecular flexibility index (Phi) is 5.37. The first-order valence-corrected chi connectivity index (χ1v) is 8.98. The topological polar surface area (TPSA) is 53.6 Å². The van der Waals surface area contributed by atoms with Gasteiger partial charge in [0.05, 0.1) is 6.10 Å². The van der Waals surface area contributed by atoms with E-state index >= 15 is 0 Å². The highest BCUT2D eigenvalue weighted by molar-refractivity contribution is 5.82. The van der Waals surface area contributed by atoms with Gasteiger partial charge in [0.15, 0.2) is 0 Å². The van der Waals surface area contributed by atoms with Crippen LogP contribution in [0.2, 0.25) is 0 Å². The van der Waals surface area contributed by atoms with E-state index in [1.807, 2.05) is 0 Å². The van der Waals surface area contributed by atoms with E-state index < -0.39 is 0 Å². The van der Waals surface area contributed by atoms with E-state index in [-0.39, 0.29) is 11.8 Å². The standard InChI is InChI=1S/C17H31N3O2/c1-20-10-3-14(4-11-20)22-12-2-7-19-16(21)15-13-17(15)5-8-18-9-6-17/h14-15,18H,2-13H2,1H3,(H,19,21)/t15-/m0/s1. The average Bonchev–Trinajstić information content (AvgIpc) is 3.22. The Morgan fingerprint density at radius 2 is 2.05 bits per heavy atom. The summed E-state index contributed by atoms with van der Waals surface area (Å²) in [5, 5.41) is 6.50. The molecular formula is C17H31N3O2. The number of carbonyl (C=O) groups excluding carboxylic acids is 1. The first-order valence-electron chi connectivity index (χ1n) is 8.98. The fourth-order valence-electron chi connectivity index (χ4n) is 4.00. The van der Waals surface area contributed by atoms with E-state index in [0.717, 1.165) is 65.0 Å². The van der Waals surface area contributed by atoms with Crippen LogP contribution in [0.15, 0.2) is 0 Å². The number of hydrogen-bond donors (Lipinski definition) is 2. The second-order valence-electron chi connectivity index (χ2n) is 7.39. The Hall–Kier alpha value is -0.650. The molecule has 5 nitrogen and oxygen atoms in total. The predicted molar refractivity (Wildman–Crippen MR) is 86.7 cm³/mol. The van der Waals surface area contributed by atoms with Crippen LogP contribution in [-0.2, 0) is 9.53 Å². The van der Waals surface area contributed by atoms with E-state index in [1.165, 1.54) is 12.8 Å². The second kappa shape index (κ2) is 7.28. The van der Waals surface area contributed by atoms with Gasteiger partial charge in [-0.15, -0.1) is 0 Å². The number of carbonyl (C=O) groups is 1. The molecule has 1 aliphatic carbocycles. The predicted octanol–water partition coefficient (Wildman–Crippen LogP) is 0.993. The molecular weight excluding hydrogens is 278 g/mol. The Morgan fingerprint density at radius 3 is 2.77 bits per heavy atom. The summed E-state index contributed by atoms with van der Waals surface area (Å²) in [5.41, 5.74) is 0.347. The fraction of sp³-hybridized carbons (Fsp3) is 0.941. The van der Waals surface area contributed by atoms with Crippen molar-refractivity contribution < 1.29 is 9.53 Å². The number of nitrogens with zero attached hydrogens (tertiary/aromatic N) is 1. The molecule has 22 heavy (non-hydrogen) atoms. The normalized spacial score (nSPS) is 28.7. The van der Waals surface area contributed by atoms with E-state index in [9.17, 15) is 4.79 Å². The summed E-state index contributed by atoms with van der Waals surface area (Å²) < 4.78 is 5.91. The molecule has 2 aliphatic heterocycles. The molecule has 126 valence electrons. The number of hydrogen-bond acceptors (Lipinski definition) is 4. The molecule has 0 aromatic rings. The summed E-state index contributed by atoms with van der Waals surface area (Å²) in [5.74, 6) is 0.561. The Morgan fingerprint density at radius 1 is 1.32 bits per heavy atom. The van der Waals surface area contributed by atoms with Gasteiger partial charge in [-0.2, -0.15) is 0 Å². The summed E-state index contributed by atoms with van der Waals surface area (Å²) in [6.45, 7) is 5.97. The highest BCUT2D eigenvalue weighted by Crippen LogP contribution is 2.58. The lowest BCUT2D eigenvalue weighted by atomic mass is 9.92. The van der Waals surface area contributed by atoms with Crippen molar-refractivity contribution in [3.05, 3.63) is 0 Å². The van der Waals surface area contributed by atoms with Gasteiger partial charge in [-0.25, -0.2) is 0 Å². The molecule has 0 aromatic heterocycles. The molecule has 2 N–H and O–H groups in total. The van der Waals surface area contributed by atoms with Gasteiger partial charge in [-0.1, -0.05) is 0 Å². The smallest absolute Gasteiger partial charge is 0.223 e. The largest absolute Gasteiger partial charge is 0.378 e. The lowest BCUT2D eigenvalue weighted by Crippen LogP contribution is -2.35. The number of ether oxygens (including phenoxy) is 1. The molecule has 1 saturated carbocycles. The summed E-state index contributed by atoms with van der Waals surface area (Å²) in [6, 6.07) is 0. The van der Waals surface area contributed by atoms with Gasteiger partial charge in [0.1, 0.15) is 0 Å². The van der Waals surface area contributed by atoms with Crippen LogP contribution < -0.4 is 10.6 Å². The molecule has 1 amide bonds. The number of rotatable bonds is 6. The number of piperidine rings is 2. The van der Waals surface area contributed by atoms with Gasteiger partial charge in [0.25, 0.3) is 0 Å². The Labute approximate surface area is 134 Å². The third-order valence-corrected chi connectivity index (χ3v) is 5.75. The second-order valence-corrected chi connectivity index (χ2v) is 7.39. The highest BCUT2D eigenvalue weighted by Gasteiger charge is 2.57. The number of nitrogens with one attached hydrogen (secondary N) is 2. The summed E-state index contributed by atoms with van der Waals surface area (Å²) in [6.07, 6.45) is 7.08. The highest BCUT2D eigenvalue weighted by atomic mass is 16.5. The van der Waals surface area contributed by atoms with Gasteiger partial charge in [-0.3, -0.25) is 4.79 Å². The molecule has 1 atom stereocenters. The van der Waals surface area contributed by atoms with E-state index in [4.69, 9.17) is 4.74 Å². The quantitative estimate of drug-likeness (QED) is 0.719. The molecule has 0 radical (unpaired) electrons. The van der Waals surface area contributed by atoms with Gasteiger partial charge in [-0.05, 0) is 64.1 Å². The molecule has 0 bridgehead atoms. The van der Waals surface area contributed by atoms with Crippen molar-refractivity contribution in [3.8, 4) is 0 Å². The summed E-state index contributed by atoms with van der Waals surface area (Å²) >= 11 is 0. The van der Waals surface area contributed by atoms with Crippen LogP contribution in [0, 0.1) is 11.3 Å². The van der Waals surface area contributed by atoms with Crippen molar-refractivity contribution >= 4 is 5.91 Å². The van der Waals surface area contributed by atoms with Crippen molar-refractivity contribution in [3.63, 3.8) is 0 Å². The van der Waals surface area contributed by atoms with Crippen molar-refractivity contribution in [1.29, 1.82) is 0 Å². The molecule has 2 saturated heterocycles.